The number of alkyl halides is 3. The van der Waals surface area contributed by atoms with E-state index in [9.17, 15) is 13.2 Å². The maximum absolute atomic E-state index is 12.5. The molecular weight excluding hydrogens is 279 g/mol. The molecule has 2 aromatic rings. The molecule has 2 nitrogen and oxygen atoms in total. The SMILES string of the molecule is Cc1cccc(CN)c1OCc1ccc(C(F)(F)F)cc1. The maximum Gasteiger partial charge on any atom is 0.416 e. The van der Waals surface area contributed by atoms with Crippen LogP contribution in [-0.4, -0.2) is 0 Å². The number of nitrogens with two attached hydrogens (primary N) is 1. The lowest BCUT2D eigenvalue weighted by Gasteiger charge is -2.13. The molecule has 0 aromatic heterocycles. The van der Waals surface area contributed by atoms with Gasteiger partial charge in [-0.1, -0.05) is 30.3 Å². The molecule has 0 atom stereocenters. The van der Waals surface area contributed by atoms with Gasteiger partial charge in [-0.05, 0) is 30.2 Å². The number of halogens is 3. The van der Waals surface area contributed by atoms with Crippen molar-refractivity contribution in [2.75, 3.05) is 0 Å². The molecule has 0 spiro atoms. The number of rotatable bonds is 4. The lowest BCUT2D eigenvalue weighted by molar-refractivity contribution is -0.137. The van der Waals surface area contributed by atoms with Crippen LogP contribution in [0.2, 0.25) is 0 Å². The molecule has 0 heterocycles. The van der Waals surface area contributed by atoms with E-state index in [1.54, 1.807) is 0 Å². The number of ether oxygens (including phenoxy) is 1. The predicted octanol–water partition coefficient (Wildman–Crippen LogP) is 4.05. The van der Waals surface area contributed by atoms with Crippen LogP contribution < -0.4 is 10.5 Å². The molecule has 2 rings (SSSR count). The minimum atomic E-state index is -4.32. The summed E-state index contributed by atoms with van der Waals surface area (Å²) in [6, 6.07) is 10.6. The van der Waals surface area contributed by atoms with E-state index in [-0.39, 0.29) is 6.61 Å². The van der Waals surface area contributed by atoms with Crippen molar-refractivity contribution in [1.29, 1.82) is 0 Å². The first-order valence-corrected chi connectivity index (χ1v) is 6.49. The van der Waals surface area contributed by atoms with E-state index in [0.717, 1.165) is 23.3 Å². The van der Waals surface area contributed by atoms with Crippen LogP contribution in [0.4, 0.5) is 13.2 Å². The van der Waals surface area contributed by atoms with Gasteiger partial charge in [0.15, 0.2) is 0 Å². The quantitative estimate of drug-likeness (QED) is 0.923. The summed E-state index contributed by atoms with van der Waals surface area (Å²) in [6.07, 6.45) is -4.32. The summed E-state index contributed by atoms with van der Waals surface area (Å²) in [7, 11) is 0. The van der Waals surface area contributed by atoms with Gasteiger partial charge in [0.25, 0.3) is 0 Å². The van der Waals surface area contributed by atoms with Crippen LogP contribution in [0.1, 0.15) is 22.3 Å². The molecule has 0 radical (unpaired) electrons. The molecule has 21 heavy (non-hydrogen) atoms. The van der Waals surface area contributed by atoms with E-state index in [4.69, 9.17) is 10.5 Å². The fourth-order valence-corrected chi connectivity index (χ4v) is 2.03. The Morgan fingerprint density at radius 2 is 1.71 bits per heavy atom. The molecule has 0 saturated carbocycles. The summed E-state index contributed by atoms with van der Waals surface area (Å²) in [5, 5.41) is 0. The van der Waals surface area contributed by atoms with Crippen LogP contribution in [0.3, 0.4) is 0 Å². The van der Waals surface area contributed by atoms with Crippen LogP contribution in [0.5, 0.6) is 5.75 Å². The van der Waals surface area contributed by atoms with Gasteiger partial charge in [-0.15, -0.1) is 0 Å². The average Bonchev–Trinajstić information content (AvgIpc) is 2.45. The van der Waals surface area contributed by atoms with Crippen LogP contribution >= 0.6 is 0 Å². The Morgan fingerprint density at radius 1 is 1.05 bits per heavy atom. The molecule has 0 aliphatic carbocycles. The number of para-hydroxylation sites is 1. The van der Waals surface area contributed by atoms with Crippen molar-refractivity contribution in [1.82, 2.24) is 0 Å². The molecule has 0 unspecified atom stereocenters. The third kappa shape index (κ3) is 3.76. The van der Waals surface area contributed by atoms with Gasteiger partial charge in [0, 0.05) is 12.1 Å². The minimum Gasteiger partial charge on any atom is -0.488 e. The summed E-state index contributed by atoms with van der Waals surface area (Å²) in [5.41, 5.74) is 7.49. The second-order valence-electron chi connectivity index (χ2n) is 4.75. The summed E-state index contributed by atoms with van der Waals surface area (Å²) in [4.78, 5) is 0. The fourth-order valence-electron chi connectivity index (χ4n) is 2.03. The van der Waals surface area contributed by atoms with Gasteiger partial charge >= 0.3 is 6.18 Å². The Labute approximate surface area is 121 Å². The van der Waals surface area contributed by atoms with Gasteiger partial charge in [-0.3, -0.25) is 0 Å². The maximum atomic E-state index is 12.5. The van der Waals surface area contributed by atoms with Crippen molar-refractivity contribution in [2.45, 2.75) is 26.3 Å². The Balaban J connectivity index is 2.10. The van der Waals surface area contributed by atoms with Crippen molar-refractivity contribution in [3.8, 4) is 5.75 Å². The molecular formula is C16H16F3NO. The van der Waals surface area contributed by atoms with Crippen LogP contribution in [0.25, 0.3) is 0 Å². The highest BCUT2D eigenvalue weighted by Gasteiger charge is 2.29. The zero-order valence-electron chi connectivity index (χ0n) is 11.6. The van der Waals surface area contributed by atoms with Crippen molar-refractivity contribution < 1.29 is 17.9 Å². The van der Waals surface area contributed by atoms with Crippen molar-refractivity contribution >= 4 is 0 Å². The third-order valence-electron chi connectivity index (χ3n) is 3.18. The molecule has 2 N–H and O–H groups in total. The van der Waals surface area contributed by atoms with Crippen LogP contribution in [0, 0.1) is 6.92 Å². The smallest absolute Gasteiger partial charge is 0.416 e. The number of hydrogen-bond donors (Lipinski definition) is 1. The summed E-state index contributed by atoms with van der Waals surface area (Å²) in [6.45, 7) is 2.46. The standard InChI is InChI=1S/C16H16F3NO/c1-11-3-2-4-13(9-20)15(11)21-10-12-5-7-14(8-6-12)16(17,18)19/h2-8H,9-10,20H2,1H3. The highest BCUT2D eigenvalue weighted by molar-refractivity contribution is 5.40. The normalized spacial score (nSPS) is 11.5. The largest absolute Gasteiger partial charge is 0.488 e. The number of hydrogen-bond acceptors (Lipinski definition) is 2. The molecule has 0 aliphatic rings. The number of benzene rings is 2. The molecule has 2 aromatic carbocycles. The Kier molecular flexibility index (Phi) is 4.53. The van der Waals surface area contributed by atoms with Gasteiger partial charge in [-0.25, -0.2) is 0 Å². The monoisotopic (exact) mass is 295 g/mol. The Bertz CT molecular complexity index is 606. The van der Waals surface area contributed by atoms with Crippen LogP contribution in [0.15, 0.2) is 42.5 Å². The second kappa shape index (κ2) is 6.18. The molecule has 0 bridgehead atoms. The van der Waals surface area contributed by atoms with Crippen LogP contribution in [-0.2, 0) is 19.3 Å². The zero-order chi connectivity index (χ0) is 15.5. The highest BCUT2D eigenvalue weighted by atomic mass is 19.4. The van der Waals surface area contributed by atoms with Gasteiger partial charge < -0.3 is 10.5 Å². The van der Waals surface area contributed by atoms with Gasteiger partial charge in [0.1, 0.15) is 12.4 Å². The van der Waals surface area contributed by atoms with E-state index >= 15 is 0 Å². The first-order valence-electron chi connectivity index (χ1n) is 6.49. The lowest BCUT2D eigenvalue weighted by Crippen LogP contribution is -2.06. The molecule has 5 heteroatoms. The predicted molar refractivity (Wildman–Crippen MR) is 74.8 cm³/mol. The van der Waals surface area contributed by atoms with Crippen molar-refractivity contribution in [3.05, 3.63) is 64.7 Å². The van der Waals surface area contributed by atoms with Gasteiger partial charge in [0.05, 0.1) is 5.56 Å². The Hall–Kier alpha value is -2.01. The second-order valence-corrected chi connectivity index (χ2v) is 4.75. The Morgan fingerprint density at radius 3 is 2.29 bits per heavy atom. The van der Waals surface area contributed by atoms with Gasteiger partial charge in [-0.2, -0.15) is 13.2 Å². The first-order chi connectivity index (χ1) is 9.91. The summed E-state index contributed by atoms with van der Waals surface area (Å²) < 4.78 is 43.1. The first kappa shape index (κ1) is 15.4. The van der Waals surface area contributed by atoms with Gasteiger partial charge in [0.2, 0.25) is 0 Å². The molecule has 0 amide bonds. The van der Waals surface area contributed by atoms with E-state index in [0.29, 0.717) is 17.9 Å². The summed E-state index contributed by atoms with van der Waals surface area (Å²) >= 11 is 0. The van der Waals surface area contributed by atoms with E-state index in [1.165, 1.54) is 12.1 Å². The summed E-state index contributed by atoms with van der Waals surface area (Å²) in [5.74, 6) is 0.694. The highest BCUT2D eigenvalue weighted by Crippen LogP contribution is 2.29. The molecule has 0 saturated heterocycles. The minimum absolute atomic E-state index is 0.204. The van der Waals surface area contributed by atoms with E-state index in [2.05, 4.69) is 0 Å². The zero-order valence-corrected chi connectivity index (χ0v) is 11.6. The fraction of sp³-hybridized carbons (Fsp3) is 0.250. The topological polar surface area (TPSA) is 35.2 Å². The molecule has 0 aliphatic heterocycles. The average molecular weight is 295 g/mol. The van der Waals surface area contributed by atoms with E-state index < -0.39 is 11.7 Å². The number of aryl methyl sites for hydroxylation is 1. The lowest BCUT2D eigenvalue weighted by atomic mass is 10.1. The third-order valence-corrected chi connectivity index (χ3v) is 3.18. The van der Waals surface area contributed by atoms with Crippen molar-refractivity contribution in [3.63, 3.8) is 0 Å². The van der Waals surface area contributed by atoms with Crippen molar-refractivity contribution in [2.24, 2.45) is 5.73 Å². The van der Waals surface area contributed by atoms with E-state index in [1.807, 2.05) is 25.1 Å². The molecule has 112 valence electrons. The molecule has 0 fully saturated rings.